The number of oxazole rings is 1. The summed E-state index contributed by atoms with van der Waals surface area (Å²) in [5.74, 6) is 3.23. The summed E-state index contributed by atoms with van der Waals surface area (Å²) in [6.07, 6.45) is 3.82. The van der Waals surface area contributed by atoms with Crippen LogP contribution in [-0.2, 0) is 6.54 Å². The number of hydrogen-bond acceptors (Lipinski definition) is 3. The maximum Gasteiger partial charge on any atom is 0.216 e. The van der Waals surface area contributed by atoms with Crippen LogP contribution < -0.4 is 10.6 Å². The molecule has 120 valence electrons. The van der Waals surface area contributed by atoms with E-state index in [0.29, 0.717) is 18.5 Å². The molecule has 1 heterocycles. The minimum Gasteiger partial charge on any atom is -0.444 e. The normalized spacial score (nSPS) is 20.9. The third-order valence-corrected chi connectivity index (χ3v) is 3.69. The summed E-state index contributed by atoms with van der Waals surface area (Å²) in [6.45, 7) is 9.54. The monoisotopic (exact) mass is 406 g/mol. The van der Waals surface area contributed by atoms with E-state index in [1.165, 1.54) is 19.3 Å². The zero-order valence-electron chi connectivity index (χ0n) is 13.4. The van der Waals surface area contributed by atoms with E-state index < -0.39 is 0 Å². The molecular weight excluding hydrogens is 379 g/mol. The molecule has 1 aromatic heterocycles. The Morgan fingerprint density at radius 3 is 2.71 bits per heavy atom. The molecule has 5 nitrogen and oxygen atoms in total. The topological polar surface area (TPSA) is 62.5 Å². The van der Waals surface area contributed by atoms with Gasteiger partial charge in [-0.2, -0.15) is 0 Å². The van der Waals surface area contributed by atoms with Crippen LogP contribution in [0.25, 0.3) is 0 Å². The number of rotatable bonds is 6. The quantitative estimate of drug-likeness (QED) is 0.433. The van der Waals surface area contributed by atoms with Crippen molar-refractivity contribution in [1.29, 1.82) is 0 Å². The molecule has 2 N–H and O–H groups in total. The van der Waals surface area contributed by atoms with Crippen LogP contribution in [0.4, 0.5) is 0 Å². The van der Waals surface area contributed by atoms with Crippen LogP contribution >= 0.6 is 24.0 Å². The lowest BCUT2D eigenvalue weighted by Gasteiger charge is -2.10. The van der Waals surface area contributed by atoms with Crippen molar-refractivity contribution in [2.75, 3.05) is 6.54 Å². The zero-order chi connectivity index (χ0) is 14.5. The van der Waals surface area contributed by atoms with E-state index in [1.54, 1.807) is 0 Å². The molecule has 1 saturated carbocycles. The summed E-state index contributed by atoms with van der Waals surface area (Å²) in [5, 5.41) is 6.77. The Bertz CT molecular complexity index is 453. The van der Waals surface area contributed by atoms with Crippen molar-refractivity contribution in [1.82, 2.24) is 15.6 Å². The van der Waals surface area contributed by atoms with Crippen LogP contribution in [0.1, 0.15) is 50.5 Å². The Labute approximate surface area is 144 Å². The van der Waals surface area contributed by atoms with E-state index >= 15 is 0 Å². The predicted octanol–water partition coefficient (Wildman–Crippen LogP) is 3.15. The van der Waals surface area contributed by atoms with Gasteiger partial charge in [-0.3, -0.25) is 0 Å². The zero-order valence-corrected chi connectivity index (χ0v) is 15.7. The van der Waals surface area contributed by atoms with Crippen molar-refractivity contribution in [3.8, 4) is 0 Å². The first kappa shape index (κ1) is 18.3. The van der Waals surface area contributed by atoms with E-state index in [4.69, 9.17) is 4.42 Å². The number of nitrogens with zero attached hydrogens (tertiary/aromatic N) is 2. The number of nitrogens with one attached hydrogen (secondary N) is 2. The second kappa shape index (κ2) is 8.60. The van der Waals surface area contributed by atoms with Crippen LogP contribution in [0.15, 0.2) is 9.41 Å². The van der Waals surface area contributed by atoms with Gasteiger partial charge in [0.05, 0.1) is 5.69 Å². The molecule has 1 aromatic rings. The summed E-state index contributed by atoms with van der Waals surface area (Å²) >= 11 is 0. The smallest absolute Gasteiger partial charge is 0.216 e. The maximum atomic E-state index is 5.55. The third kappa shape index (κ3) is 5.48. The van der Waals surface area contributed by atoms with Gasteiger partial charge in [0.2, 0.25) is 5.89 Å². The van der Waals surface area contributed by atoms with Crippen LogP contribution in [-0.4, -0.2) is 23.5 Å². The van der Waals surface area contributed by atoms with Gasteiger partial charge in [-0.05, 0) is 39.5 Å². The van der Waals surface area contributed by atoms with Crippen LogP contribution in [0.2, 0.25) is 0 Å². The molecule has 6 heteroatoms. The van der Waals surface area contributed by atoms with Crippen molar-refractivity contribution >= 4 is 29.9 Å². The highest BCUT2D eigenvalue weighted by Gasteiger charge is 2.36. The van der Waals surface area contributed by atoms with Crippen molar-refractivity contribution in [3.05, 3.63) is 17.3 Å². The Morgan fingerprint density at radius 2 is 2.14 bits per heavy atom. The molecule has 1 aliphatic carbocycles. The van der Waals surface area contributed by atoms with E-state index in [0.717, 1.165) is 29.9 Å². The Kier molecular flexibility index (Phi) is 7.48. The van der Waals surface area contributed by atoms with Crippen molar-refractivity contribution < 1.29 is 4.42 Å². The first-order valence-electron chi connectivity index (χ1n) is 7.61. The fourth-order valence-electron chi connectivity index (χ4n) is 2.36. The van der Waals surface area contributed by atoms with Gasteiger partial charge in [0.25, 0.3) is 0 Å². The molecule has 0 bridgehead atoms. The first-order valence-corrected chi connectivity index (χ1v) is 7.61. The van der Waals surface area contributed by atoms with Gasteiger partial charge < -0.3 is 15.1 Å². The van der Waals surface area contributed by atoms with Crippen molar-refractivity contribution in [2.24, 2.45) is 10.9 Å². The maximum absolute atomic E-state index is 5.55. The van der Waals surface area contributed by atoms with Gasteiger partial charge in [-0.15, -0.1) is 24.0 Å². The standard InChI is InChI=1S/C15H26N4O.HI/c1-5-7-12-8-13(12)19-15(16-6-2)17-9-14-18-10(3)11(4)20-14;/h12-13H,5-9H2,1-4H3,(H2,16,17,19);1H. The highest BCUT2D eigenvalue weighted by atomic mass is 127. The highest BCUT2D eigenvalue weighted by Crippen LogP contribution is 2.34. The molecule has 0 saturated heterocycles. The van der Waals surface area contributed by atoms with E-state index in [-0.39, 0.29) is 24.0 Å². The number of aliphatic imine (C=N–C) groups is 1. The summed E-state index contributed by atoms with van der Waals surface area (Å²) in [7, 11) is 0. The molecule has 2 rings (SSSR count). The molecule has 0 aromatic carbocycles. The summed E-state index contributed by atoms with van der Waals surface area (Å²) < 4.78 is 5.55. The van der Waals surface area contributed by atoms with Gasteiger partial charge in [0.1, 0.15) is 12.3 Å². The molecule has 0 aliphatic heterocycles. The highest BCUT2D eigenvalue weighted by molar-refractivity contribution is 14.0. The van der Waals surface area contributed by atoms with Gasteiger partial charge in [0.15, 0.2) is 5.96 Å². The minimum absolute atomic E-state index is 0. The fourth-order valence-corrected chi connectivity index (χ4v) is 2.36. The molecule has 0 spiro atoms. The molecule has 1 aliphatic rings. The van der Waals surface area contributed by atoms with Gasteiger partial charge >= 0.3 is 0 Å². The second-order valence-corrected chi connectivity index (χ2v) is 5.48. The SMILES string of the molecule is CCCC1CC1NC(=NCc1nc(C)c(C)o1)NCC.I. The molecule has 2 atom stereocenters. The summed E-state index contributed by atoms with van der Waals surface area (Å²) in [5.41, 5.74) is 0.943. The number of aromatic nitrogens is 1. The minimum atomic E-state index is 0. The second-order valence-electron chi connectivity index (χ2n) is 5.48. The van der Waals surface area contributed by atoms with Gasteiger partial charge in [0, 0.05) is 12.6 Å². The number of halogens is 1. The average Bonchev–Trinajstić information content (AvgIpc) is 3.05. The molecule has 0 radical (unpaired) electrons. The number of aryl methyl sites for hydroxylation is 2. The van der Waals surface area contributed by atoms with E-state index in [9.17, 15) is 0 Å². The average molecular weight is 406 g/mol. The van der Waals surface area contributed by atoms with Crippen LogP contribution in [0.5, 0.6) is 0 Å². The largest absolute Gasteiger partial charge is 0.444 e. The van der Waals surface area contributed by atoms with Crippen molar-refractivity contribution in [2.45, 2.75) is 59.5 Å². The predicted molar refractivity (Wildman–Crippen MR) is 96.1 cm³/mol. The van der Waals surface area contributed by atoms with Gasteiger partial charge in [-0.25, -0.2) is 9.98 Å². The molecule has 21 heavy (non-hydrogen) atoms. The molecule has 1 fully saturated rings. The molecule has 0 amide bonds. The van der Waals surface area contributed by atoms with Crippen LogP contribution in [0, 0.1) is 19.8 Å². The first-order chi connectivity index (χ1) is 9.63. The van der Waals surface area contributed by atoms with E-state index in [2.05, 4.69) is 34.5 Å². The summed E-state index contributed by atoms with van der Waals surface area (Å²) in [6, 6.07) is 0.584. The Hall–Kier alpha value is -0.790. The van der Waals surface area contributed by atoms with E-state index in [1.807, 2.05) is 13.8 Å². The third-order valence-electron chi connectivity index (χ3n) is 3.69. The molecule has 2 unspecified atom stereocenters. The lowest BCUT2D eigenvalue weighted by Crippen LogP contribution is -2.39. The lowest BCUT2D eigenvalue weighted by atomic mass is 10.2. The number of hydrogen-bond donors (Lipinski definition) is 2. The molecular formula is C15H27IN4O. The van der Waals surface area contributed by atoms with Crippen LogP contribution in [0.3, 0.4) is 0 Å². The fraction of sp³-hybridized carbons (Fsp3) is 0.733. The van der Waals surface area contributed by atoms with Gasteiger partial charge in [-0.1, -0.05) is 13.3 Å². The lowest BCUT2D eigenvalue weighted by molar-refractivity contribution is 0.472. The Balaban J connectivity index is 0.00000220. The Morgan fingerprint density at radius 1 is 1.38 bits per heavy atom. The summed E-state index contributed by atoms with van der Waals surface area (Å²) in [4.78, 5) is 8.90. The van der Waals surface area contributed by atoms with Crippen molar-refractivity contribution in [3.63, 3.8) is 0 Å². The number of guanidine groups is 1.